The smallest absolute Gasteiger partial charge is 0.271 e. The molecule has 2 heterocycles. The zero-order valence-corrected chi connectivity index (χ0v) is 22.6. The molecular weight excluding hydrogens is 497 g/mol. The Morgan fingerprint density at radius 2 is 1.81 bits per heavy atom. The molecule has 0 aliphatic carbocycles. The molecule has 2 aromatic carbocycles. The number of anilines is 1. The minimum atomic E-state index is -0.130. The second-order valence-corrected chi connectivity index (χ2v) is 9.65. The van der Waals surface area contributed by atoms with E-state index in [-0.39, 0.29) is 5.91 Å². The van der Waals surface area contributed by atoms with Crippen molar-refractivity contribution in [2.24, 2.45) is 0 Å². The van der Waals surface area contributed by atoms with Crippen LogP contribution in [0, 0.1) is 6.92 Å². The summed E-state index contributed by atoms with van der Waals surface area (Å²) in [5, 5.41) is 4.26. The van der Waals surface area contributed by atoms with Crippen molar-refractivity contribution < 1.29 is 9.53 Å². The molecule has 1 fully saturated rings. The zero-order chi connectivity index (χ0) is 25.7. The lowest BCUT2D eigenvalue weighted by molar-refractivity contribution is 0.0946. The molecule has 0 atom stereocenters. The van der Waals surface area contributed by atoms with E-state index in [1.54, 1.807) is 7.11 Å². The molecule has 3 aromatic rings. The number of imidazole rings is 1. The van der Waals surface area contributed by atoms with Gasteiger partial charge < -0.3 is 19.5 Å². The number of nitrogens with zero attached hydrogens (tertiary/aromatic N) is 4. The Morgan fingerprint density at radius 1 is 1.08 bits per heavy atom. The number of hydrogen-bond acceptors (Lipinski definition) is 5. The Balaban J connectivity index is 1.28. The summed E-state index contributed by atoms with van der Waals surface area (Å²) >= 11 is 12.6. The van der Waals surface area contributed by atoms with E-state index in [0.717, 1.165) is 74.2 Å². The molecule has 0 unspecified atom stereocenters. The first-order valence-electron chi connectivity index (χ1n) is 12.3. The number of carbonyl (C=O) groups is 1. The minimum absolute atomic E-state index is 0.130. The third kappa shape index (κ3) is 5.80. The monoisotopic (exact) mass is 529 g/mol. The number of hydrogen-bond donors (Lipinski definition) is 1. The topological polar surface area (TPSA) is 62.6 Å². The Morgan fingerprint density at radius 3 is 2.47 bits per heavy atom. The normalized spacial score (nSPS) is 14.2. The first-order chi connectivity index (χ1) is 17.4. The third-order valence-corrected chi connectivity index (χ3v) is 7.43. The molecule has 1 aliphatic rings. The van der Waals surface area contributed by atoms with Crippen LogP contribution >= 0.6 is 23.2 Å². The van der Waals surface area contributed by atoms with Gasteiger partial charge in [0, 0.05) is 44.8 Å². The van der Waals surface area contributed by atoms with Crippen LogP contribution in [0.3, 0.4) is 0 Å². The summed E-state index contributed by atoms with van der Waals surface area (Å²) in [4.78, 5) is 22.3. The Labute approximate surface area is 223 Å². The van der Waals surface area contributed by atoms with E-state index in [1.165, 1.54) is 0 Å². The maximum atomic E-state index is 12.9. The molecule has 7 nitrogen and oxygen atoms in total. The van der Waals surface area contributed by atoms with Crippen molar-refractivity contribution in [1.29, 1.82) is 0 Å². The number of piperazine rings is 1. The van der Waals surface area contributed by atoms with Crippen molar-refractivity contribution in [3.05, 3.63) is 69.7 Å². The molecule has 1 aliphatic heterocycles. The van der Waals surface area contributed by atoms with Crippen molar-refractivity contribution in [3.8, 4) is 11.4 Å². The maximum absolute atomic E-state index is 12.9. The summed E-state index contributed by atoms with van der Waals surface area (Å²) in [6.07, 6.45) is 1.61. The van der Waals surface area contributed by atoms with Gasteiger partial charge >= 0.3 is 0 Å². The number of rotatable bonds is 9. The highest BCUT2D eigenvalue weighted by Gasteiger charge is 2.21. The largest absolute Gasteiger partial charge is 0.497 e. The molecular formula is C27H33Cl2N5O2. The summed E-state index contributed by atoms with van der Waals surface area (Å²) in [6, 6.07) is 13.6. The second-order valence-electron chi connectivity index (χ2n) is 8.86. The van der Waals surface area contributed by atoms with Gasteiger partial charge in [-0.2, -0.15) is 0 Å². The van der Waals surface area contributed by atoms with Crippen molar-refractivity contribution in [1.82, 2.24) is 19.8 Å². The number of carbonyl (C=O) groups excluding carboxylic acids is 1. The molecule has 0 bridgehead atoms. The number of halogens is 2. The van der Waals surface area contributed by atoms with Crippen LogP contribution in [0.15, 0.2) is 42.5 Å². The predicted molar refractivity (Wildman–Crippen MR) is 146 cm³/mol. The molecule has 36 heavy (non-hydrogen) atoms. The van der Waals surface area contributed by atoms with Gasteiger partial charge in [0.25, 0.3) is 5.91 Å². The lowest BCUT2D eigenvalue weighted by Gasteiger charge is -2.36. The number of amides is 1. The van der Waals surface area contributed by atoms with Gasteiger partial charge in [0.2, 0.25) is 0 Å². The lowest BCUT2D eigenvalue weighted by Crippen LogP contribution is -2.47. The van der Waals surface area contributed by atoms with Crippen LogP contribution in [0.4, 0.5) is 5.69 Å². The van der Waals surface area contributed by atoms with Gasteiger partial charge in [0.1, 0.15) is 17.3 Å². The highest BCUT2D eigenvalue weighted by molar-refractivity contribution is 6.43. The van der Waals surface area contributed by atoms with E-state index < -0.39 is 0 Å². The van der Waals surface area contributed by atoms with Gasteiger partial charge in [0.05, 0.1) is 28.5 Å². The quantitative estimate of drug-likeness (QED) is 0.395. The number of ether oxygens (including phenoxy) is 1. The van der Waals surface area contributed by atoms with Crippen LogP contribution in [-0.2, 0) is 6.42 Å². The van der Waals surface area contributed by atoms with Crippen molar-refractivity contribution in [2.75, 3.05) is 51.3 Å². The molecule has 1 aromatic heterocycles. The van der Waals surface area contributed by atoms with Crippen LogP contribution in [0.2, 0.25) is 10.0 Å². The van der Waals surface area contributed by atoms with E-state index in [0.29, 0.717) is 22.3 Å². The van der Waals surface area contributed by atoms with Gasteiger partial charge in [-0.15, -0.1) is 0 Å². The van der Waals surface area contributed by atoms with Crippen LogP contribution in [0.5, 0.6) is 5.75 Å². The van der Waals surface area contributed by atoms with E-state index in [4.69, 9.17) is 27.9 Å². The summed E-state index contributed by atoms with van der Waals surface area (Å²) in [6.45, 7) is 9.21. The molecule has 1 amide bonds. The van der Waals surface area contributed by atoms with Crippen molar-refractivity contribution in [3.63, 3.8) is 0 Å². The predicted octanol–water partition coefficient (Wildman–Crippen LogP) is 5.00. The number of nitrogens with one attached hydrogen (secondary N) is 1. The number of aryl methyl sites for hydroxylation is 1. The Bertz CT molecular complexity index is 1190. The maximum Gasteiger partial charge on any atom is 0.271 e. The Kier molecular flexibility index (Phi) is 8.77. The highest BCUT2D eigenvalue weighted by Crippen LogP contribution is 2.32. The van der Waals surface area contributed by atoms with Gasteiger partial charge in [-0.3, -0.25) is 9.69 Å². The summed E-state index contributed by atoms with van der Waals surface area (Å²) < 4.78 is 7.31. The average Bonchev–Trinajstić information content (AvgIpc) is 3.24. The summed E-state index contributed by atoms with van der Waals surface area (Å²) in [5.41, 5.74) is 3.28. The second kappa shape index (κ2) is 12.0. The number of aromatic nitrogens is 2. The third-order valence-electron chi connectivity index (χ3n) is 6.62. The molecule has 4 rings (SSSR count). The molecule has 1 saturated heterocycles. The highest BCUT2D eigenvalue weighted by atomic mass is 35.5. The molecule has 192 valence electrons. The van der Waals surface area contributed by atoms with E-state index in [2.05, 4.69) is 20.1 Å². The molecule has 0 spiro atoms. The van der Waals surface area contributed by atoms with Gasteiger partial charge in [-0.05, 0) is 56.3 Å². The van der Waals surface area contributed by atoms with Crippen LogP contribution in [-0.4, -0.2) is 66.7 Å². The number of methoxy groups -OCH3 is 1. The van der Waals surface area contributed by atoms with Crippen LogP contribution in [0.1, 0.15) is 35.4 Å². The van der Waals surface area contributed by atoms with Crippen LogP contribution < -0.4 is 15.0 Å². The average molecular weight is 531 g/mol. The molecule has 0 saturated carbocycles. The van der Waals surface area contributed by atoms with Crippen LogP contribution in [0.25, 0.3) is 5.69 Å². The number of benzene rings is 2. The fourth-order valence-electron chi connectivity index (χ4n) is 4.62. The SMILES string of the molecule is CCc1nc(C(=O)NCCCN2CCN(c3cccc(Cl)c3Cl)CC2)c(C)n1-c1ccc(OC)cc1. The molecule has 1 N–H and O–H groups in total. The zero-order valence-electron chi connectivity index (χ0n) is 21.1. The first-order valence-corrected chi connectivity index (χ1v) is 13.1. The van der Waals surface area contributed by atoms with Gasteiger partial charge in [-0.1, -0.05) is 36.2 Å². The lowest BCUT2D eigenvalue weighted by atomic mass is 10.2. The van der Waals surface area contributed by atoms with Gasteiger partial charge in [-0.25, -0.2) is 4.98 Å². The Hall–Kier alpha value is -2.74. The fourth-order valence-corrected chi connectivity index (χ4v) is 5.04. The van der Waals surface area contributed by atoms with Gasteiger partial charge in [0.15, 0.2) is 0 Å². The standard InChI is InChI=1S/C27H33Cl2N5O2/c1-4-24-31-26(19(2)34(24)20-9-11-21(36-3)12-10-20)27(35)30-13-6-14-32-15-17-33(18-16-32)23-8-5-7-22(28)25(23)29/h5,7-12H,4,6,13-18H2,1-3H3,(H,30,35). The molecule has 0 radical (unpaired) electrons. The summed E-state index contributed by atoms with van der Waals surface area (Å²) in [5.74, 6) is 1.53. The molecule has 9 heteroatoms. The van der Waals surface area contributed by atoms with Crippen molar-refractivity contribution >= 4 is 34.8 Å². The first kappa shape index (κ1) is 26.3. The summed E-state index contributed by atoms with van der Waals surface area (Å²) in [7, 11) is 1.65. The van der Waals surface area contributed by atoms with E-state index in [9.17, 15) is 4.79 Å². The minimum Gasteiger partial charge on any atom is -0.497 e. The van der Waals surface area contributed by atoms with E-state index >= 15 is 0 Å². The fraction of sp³-hybridized carbons (Fsp3) is 0.407. The van der Waals surface area contributed by atoms with Crippen molar-refractivity contribution in [2.45, 2.75) is 26.7 Å². The van der Waals surface area contributed by atoms with E-state index in [1.807, 2.05) is 60.9 Å².